The zero-order valence-electron chi connectivity index (χ0n) is 22.4. The second-order valence-corrected chi connectivity index (χ2v) is 12.0. The summed E-state index contributed by atoms with van der Waals surface area (Å²) in [5.74, 6) is -0.415. The number of halogens is 4. The minimum atomic E-state index is -4.73. The molecule has 41 heavy (non-hydrogen) atoms. The molecule has 1 fully saturated rings. The molecular weight excluding hydrogens is 627 g/mol. The fraction of sp³-hybridized carbons (Fsp3) is 0.346. The van der Waals surface area contributed by atoms with E-state index in [4.69, 9.17) is 4.74 Å². The van der Waals surface area contributed by atoms with Crippen LogP contribution in [0.5, 0.6) is 0 Å². The number of sulfonamides is 1. The van der Waals surface area contributed by atoms with Crippen molar-refractivity contribution in [3.63, 3.8) is 0 Å². The molecule has 0 bridgehead atoms. The standard InChI is InChI=1S/C26H29BrF3N7O3S/c1-4-9-37(41(3,38)39)23-16-31-8-7-18(23)17-35(2)24-20(26(28,29)30)15-32-25(34-24)33-19-5-6-22(21(27)14-19)36-10-12-40-13-11-36/h4-8,14-16H,1,9-13,17H2,2-3H3,(H,32,33,34). The average molecular weight is 657 g/mol. The minimum absolute atomic E-state index is 0.0312. The number of anilines is 5. The number of nitrogens with one attached hydrogen (secondary N) is 1. The molecular formula is C26H29BrF3N7O3S. The van der Waals surface area contributed by atoms with E-state index in [2.05, 4.69) is 47.7 Å². The second-order valence-electron chi connectivity index (χ2n) is 9.26. The molecule has 1 aliphatic rings. The molecule has 0 radical (unpaired) electrons. The van der Waals surface area contributed by atoms with Gasteiger partial charge >= 0.3 is 6.18 Å². The second kappa shape index (κ2) is 12.6. The van der Waals surface area contributed by atoms with Crippen molar-refractivity contribution in [1.82, 2.24) is 15.0 Å². The summed E-state index contributed by atoms with van der Waals surface area (Å²) < 4.78 is 74.1. The number of nitrogens with zero attached hydrogens (tertiary/aromatic N) is 6. The molecule has 1 N–H and O–H groups in total. The van der Waals surface area contributed by atoms with Gasteiger partial charge in [0.05, 0.1) is 43.6 Å². The first-order valence-electron chi connectivity index (χ1n) is 12.4. The van der Waals surface area contributed by atoms with Crippen molar-refractivity contribution in [2.75, 3.05) is 65.6 Å². The molecule has 0 spiro atoms. The topological polar surface area (TPSA) is 104 Å². The van der Waals surface area contributed by atoms with Crippen LogP contribution in [0.25, 0.3) is 0 Å². The van der Waals surface area contributed by atoms with Crippen LogP contribution in [0.1, 0.15) is 11.1 Å². The molecule has 10 nitrogen and oxygen atoms in total. The molecule has 3 heterocycles. The van der Waals surface area contributed by atoms with E-state index in [1.165, 1.54) is 30.4 Å². The predicted octanol–water partition coefficient (Wildman–Crippen LogP) is 4.82. The van der Waals surface area contributed by atoms with Gasteiger partial charge in [-0.15, -0.1) is 6.58 Å². The Balaban J connectivity index is 1.64. The lowest BCUT2D eigenvalue weighted by Crippen LogP contribution is -2.36. The zero-order valence-corrected chi connectivity index (χ0v) is 24.8. The van der Waals surface area contributed by atoms with Crippen molar-refractivity contribution < 1.29 is 26.3 Å². The van der Waals surface area contributed by atoms with Gasteiger partial charge in [0.25, 0.3) is 0 Å². The van der Waals surface area contributed by atoms with Crippen LogP contribution in [0, 0.1) is 0 Å². The zero-order chi connectivity index (χ0) is 29.8. The monoisotopic (exact) mass is 655 g/mol. The molecule has 1 aliphatic heterocycles. The highest BCUT2D eigenvalue weighted by atomic mass is 79.9. The Kier molecular flexibility index (Phi) is 9.39. The van der Waals surface area contributed by atoms with Gasteiger partial charge in [0.1, 0.15) is 11.4 Å². The number of ether oxygens (including phenoxy) is 1. The fourth-order valence-corrected chi connectivity index (χ4v) is 5.86. The van der Waals surface area contributed by atoms with Gasteiger partial charge in [-0.2, -0.15) is 18.2 Å². The first-order chi connectivity index (χ1) is 19.4. The van der Waals surface area contributed by atoms with Crippen molar-refractivity contribution in [2.45, 2.75) is 12.7 Å². The molecule has 0 aliphatic carbocycles. The average Bonchev–Trinajstić information content (AvgIpc) is 2.91. The van der Waals surface area contributed by atoms with Crippen molar-refractivity contribution in [3.8, 4) is 0 Å². The lowest BCUT2D eigenvalue weighted by Gasteiger charge is -2.29. The summed E-state index contributed by atoms with van der Waals surface area (Å²) in [6.07, 6.45) is 1.24. The van der Waals surface area contributed by atoms with Crippen molar-refractivity contribution in [2.24, 2.45) is 0 Å². The first kappa shape index (κ1) is 30.5. The number of morpholine rings is 1. The maximum atomic E-state index is 14.0. The number of benzene rings is 1. The largest absolute Gasteiger partial charge is 0.421 e. The van der Waals surface area contributed by atoms with Crippen LogP contribution in [0.3, 0.4) is 0 Å². The summed E-state index contributed by atoms with van der Waals surface area (Å²) >= 11 is 3.57. The third-order valence-electron chi connectivity index (χ3n) is 6.25. The van der Waals surface area contributed by atoms with E-state index in [0.717, 1.165) is 40.0 Å². The summed E-state index contributed by atoms with van der Waals surface area (Å²) in [6.45, 7) is 6.22. The number of alkyl halides is 3. The van der Waals surface area contributed by atoms with E-state index in [9.17, 15) is 21.6 Å². The molecule has 1 saturated heterocycles. The van der Waals surface area contributed by atoms with Crippen LogP contribution in [0.15, 0.2) is 60.0 Å². The predicted molar refractivity (Wildman–Crippen MR) is 156 cm³/mol. The summed E-state index contributed by atoms with van der Waals surface area (Å²) in [7, 11) is -2.27. The van der Waals surface area contributed by atoms with E-state index in [-0.39, 0.29) is 30.5 Å². The lowest BCUT2D eigenvalue weighted by molar-refractivity contribution is -0.137. The number of rotatable bonds is 10. The van der Waals surface area contributed by atoms with Crippen LogP contribution in [-0.2, 0) is 27.5 Å². The molecule has 3 aromatic rings. The van der Waals surface area contributed by atoms with Gasteiger partial charge in [-0.25, -0.2) is 13.4 Å². The van der Waals surface area contributed by atoms with Gasteiger partial charge in [-0.05, 0) is 45.8 Å². The van der Waals surface area contributed by atoms with E-state index in [1.54, 1.807) is 18.2 Å². The third kappa shape index (κ3) is 7.45. The third-order valence-corrected chi connectivity index (χ3v) is 8.03. The number of aromatic nitrogens is 3. The Morgan fingerprint density at radius 2 is 1.95 bits per heavy atom. The number of pyridine rings is 1. The summed E-state index contributed by atoms with van der Waals surface area (Å²) in [5, 5.41) is 2.98. The molecule has 220 valence electrons. The normalized spacial score (nSPS) is 14.0. The van der Waals surface area contributed by atoms with Gasteiger partial charge in [-0.1, -0.05) is 6.08 Å². The SMILES string of the molecule is C=CCN(c1cnccc1CN(C)c1nc(Nc2ccc(N3CCOCC3)c(Br)c2)ncc1C(F)(F)F)S(C)(=O)=O. The highest BCUT2D eigenvalue weighted by molar-refractivity contribution is 9.10. The smallest absolute Gasteiger partial charge is 0.378 e. The number of hydrogen-bond acceptors (Lipinski definition) is 9. The Labute approximate surface area is 245 Å². The minimum Gasteiger partial charge on any atom is -0.378 e. The molecule has 0 atom stereocenters. The maximum absolute atomic E-state index is 14.0. The van der Waals surface area contributed by atoms with E-state index in [1.807, 2.05) is 6.07 Å². The molecule has 0 unspecified atom stereocenters. The van der Waals surface area contributed by atoms with Crippen LogP contribution in [0.4, 0.5) is 42.0 Å². The Morgan fingerprint density at radius 3 is 2.59 bits per heavy atom. The molecule has 4 rings (SSSR count). The fourth-order valence-electron chi connectivity index (χ4n) is 4.33. The van der Waals surface area contributed by atoms with Crippen molar-refractivity contribution in [3.05, 3.63) is 71.1 Å². The van der Waals surface area contributed by atoms with E-state index < -0.39 is 21.8 Å². The van der Waals surface area contributed by atoms with Crippen molar-refractivity contribution in [1.29, 1.82) is 0 Å². The Hall–Kier alpha value is -3.43. The Morgan fingerprint density at radius 1 is 1.22 bits per heavy atom. The highest BCUT2D eigenvalue weighted by Gasteiger charge is 2.36. The van der Waals surface area contributed by atoms with Gasteiger partial charge in [0, 0.05) is 49.2 Å². The molecule has 1 aromatic carbocycles. The van der Waals surface area contributed by atoms with E-state index >= 15 is 0 Å². The van der Waals surface area contributed by atoms with Crippen molar-refractivity contribution >= 4 is 54.8 Å². The number of hydrogen-bond donors (Lipinski definition) is 1. The maximum Gasteiger partial charge on any atom is 0.421 e. The van der Waals surface area contributed by atoms with Crippen LogP contribution < -0.4 is 19.4 Å². The molecule has 0 amide bonds. The van der Waals surface area contributed by atoms with Gasteiger partial charge in [-0.3, -0.25) is 9.29 Å². The van der Waals surface area contributed by atoms with Crippen LogP contribution in [-0.4, -0.2) is 69.5 Å². The molecule has 2 aromatic heterocycles. The quantitative estimate of drug-likeness (QED) is 0.308. The van der Waals surface area contributed by atoms with Gasteiger partial charge < -0.3 is 19.9 Å². The lowest BCUT2D eigenvalue weighted by atomic mass is 10.2. The molecule has 15 heteroatoms. The van der Waals surface area contributed by atoms with Gasteiger partial charge in [0.2, 0.25) is 16.0 Å². The highest BCUT2D eigenvalue weighted by Crippen LogP contribution is 2.37. The van der Waals surface area contributed by atoms with Crippen LogP contribution >= 0.6 is 15.9 Å². The molecule has 0 saturated carbocycles. The summed E-state index contributed by atoms with van der Waals surface area (Å²) in [4.78, 5) is 15.6. The van der Waals surface area contributed by atoms with E-state index in [0.29, 0.717) is 24.5 Å². The Bertz CT molecular complexity index is 1500. The van der Waals surface area contributed by atoms with Crippen LogP contribution in [0.2, 0.25) is 0 Å². The van der Waals surface area contributed by atoms with Gasteiger partial charge in [0.15, 0.2) is 0 Å². The summed E-state index contributed by atoms with van der Waals surface area (Å²) in [6, 6.07) is 7.05. The summed E-state index contributed by atoms with van der Waals surface area (Å²) in [5.41, 5.74) is 1.18. The first-order valence-corrected chi connectivity index (χ1v) is 15.1.